The molecule has 1 rings (SSSR count). The molecule has 0 radical (unpaired) electrons. The van der Waals surface area contributed by atoms with E-state index in [-0.39, 0.29) is 17.5 Å². The highest BCUT2D eigenvalue weighted by Gasteiger charge is 2.25. The molecule has 0 saturated heterocycles. The molecule has 0 heterocycles. The van der Waals surface area contributed by atoms with Gasteiger partial charge in [-0.25, -0.2) is 13.1 Å². The molecule has 0 aliphatic rings. The minimum absolute atomic E-state index is 0.128. The van der Waals surface area contributed by atoms with Gasteiger partial charge in [-0.15, -0.1) is 0 Å². The third-order valence-corrected chi connectivity index (χ3v) is 5.43. The molecule has 1 unspecified atom stereocenters. The van der Waals surface area contributed by atoms with E-state index in [0.29, 0.717) is 11.7 Å². The van der Waals surface area contributed by atoms with Crippen LogP contribution in [-0.4, -0.2) is 21.6 Å². The molecule has 0 aromatic heterocycles. The molecular formula is C15H26N2O3S. The van der Waals surface area contributed by atoms with Crippen LogP contribution in [-0.2, 0) is 16.6 Å². The lowest BCUT2D eigenvalue weighted by molar-refractivity contribution is 0.386. The molecule has 0 amide bonds. The molecule has 0 bridgehead atoms. The first kappa shape index (κ1) is 17.9. The highest BCUT2D eigenvalue weighted by molar-refractivity contribution is 7.89. The summed E-state index contributed by atoms with van der Waals surface area (Å²) in [6, 6.07) is 4.85. The van der Waals surface area contributed by atoms with Crippen molar-refractivity contribution < 1.29 is 13.2 Å². The quantitative estimate of drug-likeness (QED) is 0.771. The van der Waals surface area contributed by atoms with Crippen LogP contribution in [0.15, 0.2) is 23.1 Å². The van der Waals surface area contributed by atoms with E-state index in [1.807, 2.05) is 6.92 Å². The van der Waals surface area contributed by atoms with Crippen LogP contribution in [0.3, 0.4) is 0 Å². The van der Waals surface area contributed by atoms with Gasteiger partial charge < -0.3 is 10.5 Å². The van der Waals surface area contributed by atoms with Crippen LogP contribution in [0.4, 0.5) is 0 Å². The Bertz CT molecular complexity index is 554. The van der Waals surface area contributed by atoms with Crippen molar-refractivity contribution in [2.45, 2.75) is 51.1 Å². The van der Waals surface area contributed by atoms with E-state index in [1.54, 1.807) is 18.2 Å². The van der Waals surface area contributed by atoms with Crippen LogP contribution in [0.25, 0.3) is 0 Å². The van der Waals surface area contributed by atoms with Gasteiger partial charge >= 0.3 is 0 Å². The van der Waals surface area contributed by atoms with Gasteiger partial charge in [-0.1, -0.05) is 32.8 Å². The first-order valence-corrected chi connectivity index (χ1v) is 8.77. The molecule has 5 nitrogen and oxygen atoms in total. The summed E-state index contributed by atoms with van der Waals surface area (Å²) < 4.78 is 33.1. The summed E-state index contributed by atoms with van der Waals surface area (Å²) in [7, 11) is -2.17. The Kier molecular flexibility index (Phi) is 6.64. The van der Waals surface area contributed by atoms with E-state index in [0.717, 1.165) is 18.4 Å². The van der Waals surface area contributed by atoms with E-state index in [9.17, 15) is 8.42 Å². The van der Waals surface area contributed by atoms with Crippen LogP contribution in [0, 0.1) is 5.92 Å². The first-order chi connectivity index (χ1) is 9.89. The Morgan fingerprint density at radius 2 is 1.90 bits per heavy atom. The smallest absolute Gasteiger partial charge is 0.244 e. The summed E-state index contributed by atoms with van der Waals surface area (Å²) in [6.45, 7) is 6.31. The van der Waals surface area contributed by atoms with Crippen LogP contribution in [0.2, 0.25) is 0 Å². The van der Waals surface area contributed by atoms with Crippen LogP contribution in [0.1, 0.15) is 39.2 Å². The summed E-state index contributed by atoms with van der Waals surface area (Å²) >= 11 is 0. The molecule has 0 spiro atoms. The van der Waals surface area contributed by atoms with Gasteiger partial charge in [-0.2, -0.15) is 0 Å². The van der Waals surface area contributed by atoms with Gasteiger partial charge in [0.15, 0.2) is 0 Å². The average molecular weight is 314 g/mol. The SMILES string of the molecule is CCC(CC)C(C)NS(=O)(=O)c1cc(CN)ccc1OC. The number of ether oxygens (including phenoxy) is 1. The fourth-order valence-electron chi connectivity index (χ4n) is 2.46. The number of rotatable bonds is 8. The number of nitrogens with one attached hydrogen (secondary N) is 1. The maximum Gasteiger partial charge on any atom is 0.244 e. The molecule has 0 aliphatic carbocycles. The van der Waals surface area contributed by atoms with Crippen molar-refractivity contribution >= 4 is 10.0 Å². The normalized spacial score (nSPS) is 13.4. The highest BCUT2D eigenvalue weighted by Crippen LogP contribution is 2.26. The van der Waals surface area contributed by atoms with Gasteiger partial charge in [0.25, 0.3) is 0 Å². The molecule has 3 N–H and O–H groups in total. The number of methoxy groups -OCH3 is 1. The predicted molar refractivity (Wildman–Crippen MR) is 84.7 cm³/mol. The second kappa shape index (κ2) is 7.77. The maximum absolute atomic E-state index is 12.6. The number of hydrogen-bond donors (Lipinski definition) is 2. The van der Waals surface area contributed by atoms with E-state index < -0.39 is 10.0 Å². The van der Waals surface area contributed by atoms with Crippen LogP contribution in [0.5, 0.6) is 5.75 Å². The number of benzene rings is 1. The zero-order valence-electron chi connectivity index (χ0n) is 13.2. The van der Waals surface area contributed by atoms with Crippen molar-refractivity contribution in [3.05, 3.63) is 23.8 Å². The molecule has 1 aromatic rings. The number of nitrogens with two attached hydrogens (primary N) is 1. The summed E-state index contributed by atoms with van der Waals surface area (Å²) in [5.74, 6) is 0.639. The summed E-state index contributed by atoms with van der Waals surface area (Å²) in [5.41, 5.74) is 6.35. The second-order valence-corrected chi connectivity index (χ2v) is 6.86. The van der Waals surface area contributed by atoms with Gasteiger partial charge in [0.1, 0.15) is 10.6 Å². The second-order valence-electron chi connectivity index (χ2n) is 5.18. The fourth-order valence-corrected chi connectivity index (χ4v) is 3.99. The van der Waals surface area contributed by atoms with Gasteiger partial charge in [0.05, 0.1) is 7.11 Å². The predicted octanol–water partition coefficient (Wildman–Crippen LogP) is 2.26. The van der Waals surface area contributed by atoms with E-state index in [2.05, 4.69) is 18.6 Å². The third kappa shape index (κ3) is 4.43. The highest BCUT2D eigenvalue weighted by atomic mass is 32.2. The Hall–Kier alpha value is -1.11. The zero-order chi connectivity index (χ0) is 16.0. The van der Waals surface area contributed by atoms with Gasteiger partial charge in [0, 0.05) is 12.6 Å². The molecule has 6 heteroatoms. The third-order valence-electron chi connectivity index (χ3n) is 3.85. The summed E-state index contributed by atoms with van der Waals surface area (Å²) in [4.78, 5) is 0.144. The van der Waals surface area contributed by atoms with Crippen molar-refractivity contribution in [2.24, 2.45) is 11.7 Å². The topological polar surface area (TPSA) is 81.4 Å². The molecule has 1 atom stereocenters. The summed E-state index contributed by atoms with van der Waals surface area (Å²) in [5, 5.41) is 0. The monoisotopic (exact) mass is 314 g/mol. The Morgan fingerprint density at radius 1 is 1.29 bits per heavy atom. The standard InChI is InChI=1S/C15H26N2O3S/c1-5-13(6-2)11(3)17-21(18,19)15-9-12(10-16)7-8-14(15)20-4/h7-9,11,13,17H,5-6,10,16H2,1-4H3. The average Bonchev–Trinajstić information content (AvgIpc) is 2.47. The van der Waals surface area contributed by atoms with E-state index in [1.165, 1.54) is 7.11 Å². The molecule has 21 heavy (non-hydrogen) atoms. The lowest BCUT2D eigenvalue weighted by atomic mass is 9.96. The maximum atomic E-state index is 12.6. The van der Waals surface area contributed by atoms with Crippen LogP contribution < -0.4 is 15.2 Å². The van der Waals surface area contributed by atoms with Crippen molar-refractivity contribution in [3.8, 4) is 5.75 Å². The summed E-state index contributed by atoms with van der Waals surface area (Å²) in [6.07, 6.45) is 1.86. The zero-order valence-corrected chi connectivity index (χ0v) is 14.0. The van der Waals surface area contributed by atoms with Gasteiger partial charge in [-0.05, 0) is 30.5 Å². The molecule has 1 aromatic carbocycles. The van der Waals surface area contributed by atoms with Crippen molar-refractivity contribution in [1.29, 1.82) is 0 Å². The number of sulfonamides is 1. The molecule has 0 aliphatic heterocycles. The minimum Gasteiger partial charge on any atom is -0.495 e. The van der Waals surface area contributed by atoms with Crippen molar-refractivity contribution in [3.63, 3.8) is 0 Å². The fraction of sp³-hybridized carbons (Fsp3) is 0.600. The first-order valence-electron chi connectivity index (χ1n) is 7.28. The van der Waals surface area contributed by atoms with Crippen LogP contribution >= 0.6 is 0 Å². The molecule has 120 valence electrons. The largest absolute Gasteiger partial charge is 0.495 e. The lowest BCUT2D eigenvalue weighted by Gasteiger charge is -2.23. The van der Waals surface area contributed by atoms with Gasteiger partial charge in [-0.3, -0.25) is 0 Å². The van der Waals surface area contributed by atoms with E-state index in [4.69, 9.17) is 10.5 Å². The Morgan fingerprint density at radius 3 is 2.38 bits per heavy atom. The van der Waals surface area contributed by atoms with Crippen molar-refractivity contribution in [1.82, 2.24) is 4.72 Å². The molecular weight excluding hydrogens is 288 g/mol. The lowest BCUT2D eigenvalue weighted by Crippen LogP contribution is -2.37. The van der Waals surface area contributed by atoms with Crippen molar-refractivity contribution in [2.75, 3.05) is 7.11 Å². The minimum atomic E-state index is -3.63. The van der Waals surface area contributed by atoms with Gasteiger partial charge in [0.2, 0.25) is 10.0 Å². The van der Waals surface area contributed by atoms with E-state index >= 15 is 0 Å². The Labute approximate surface area is 127 Å². The molecule has 0 fully saturated rings. The molecule has 0 saturated carbocycles. The Balaban J connectivity index is 3.12. The number of hydrogen-bond acceptors (Lipinski definition) is 4.